The summed E-state index contributed by atoms with van der Waals surface area (Å²) in [5.74, 6) is 0. The second-order valence-electron chi connectivity index (χ2n) is 7.58. The van der Waals surface area contributed by atoms with Gasteiger partial charge in [-0.1, -0.05) is 18.2 Å². The summed E-state index contributed by atoms with van der Waals surface area (Å²) in [6, 6.07) is 15.4. The summed E-state index contributed by atoms with van der Waals surface area (Å²) in [6.45, 7) is 5.69. The van der Waals surface area contributed by atoms with Crippen molar-refractivity contribution in [1.82, 2.24) is 8.87 Å². The van der Waals surface area contributed by atoms with Crippen molar-refractivity contribution < 1.29 is 13.2 Å². The minimum absolute atomic E-state index is 0.200. The number of nitrogens with zero attached hydrogens (tertiary/aromatic N) is 3. The van der Waals surface area contributed by atoms with Crippen LogP contribution in [-0.2, 0) is 14.9 Å². The average Bonchev–Trinajstić information content (AvgIpc) is 3.13. The molecular formula is C22H24N4O3S. The van der Waals surface area contributed by atoms with Gasteiger partial charge in [-0.05, 0) is 43.7 Å². The van der Waals surface area contributed by atoms with Gasteiger partial charge in [-0.2, -0.15) is 18.0 Å². The van der Waals surface area contributed by atoms with Gasteiger partial charge in [0, 0.05) is 36.3 Å². The minimum Gasteiger partial charge on any atom is -0.379 e. The Morgan fingerprint density at radius 1 is 1.10 bits per heavy atom. The summed E-state index contributed by atoms with van der Waals surface area (Å²) < 4.78 is 36.9. The Labute approximate surface area is 176 Å². The normalized spacial score (nSPS) is 15.4. The maximum Gasteiger partial charge on any atom is 0.301 e. The minimum atomic E-state index is -3.63. The van der Waals surface area contributed by atoms with Crippen LogP contribution in [0.15, 0.2) is 48.7 Å². The van der Waals surface area contributed by atoms with E-state index >= 15 is 0 Å². The van der Waals surface area contributed by atoms with Crippen molar-refractivity contribution in [2.75, 3.05) is 31.0 Å². The molecule has 2 heterocycles. The molecule has 0 bridgehead atoms. The Morgan fingerprint density at radius 2 is 1.80 bits per heavy atom. The molecule has 2 aromatic carbocycles. The van der Waals surface area contributed by atoms with E-state index < -0.39 is 10.2 Å². The van der Waals surface area contributed by atoms with Gasteiger partial charge in [0.2, 0.25) is 0 Å². The topological polar surface area (TPSA) is 87.4 Å². The zero-order valence-electron chi connectivity index (χ0n) is 17.0. The van der Waals surface area contributed by atoms with Crippen LogP contribution >= 0.6 is 0 Å². The maximum atomic E-state index is 12.7. The smallest absolute Gasteiger partial charge is 0.301 e. The van der Waals surface area contributed by atoms with Gasteiger partial charge in [0.1, 0.15) is 0 Å². The molecule has 1 fully saturated rings. The molecule has 1 aliphatic rings. The van der Waals surface area contributed by atoms with E-state index in [4.69, 9.17) is 10.00 Å². The molecule has 1 aliphatic heterocycles. The Bertz CT molecular complexity index is 1200. The van der Waals surface area contributed by atoms with E-state index in [1.165, 1.54) is 4.31 Å². The fourth-order valence-corrected chi connectivity index (χ4v) is 4.88. The first kappa shape index (κ1) is 20.4. The quantitative estimate of drug-likeness (QED) is 0.676. The number of hydrogen-bond donors (Lipinski definition) is 1. The fourth-order valence-electron chi connectivity index (χ4n) is 3.70. The Hall–Kier alpha value is -2.86. The van der Waals surface area contributed by atoms with Crippen LogP contribution in [0.3, 0.4) is 0 Å². The molecular weight excluding hydrogens is 400 g/mol. The third kappa shape index (κ3) is 3.92. The third-order valence-corrected chi connectivity index (χ3v) is 6.81. The summed E-state index contributed by atoms with van der Waals surface area (Å²) >= 11 is 0. The van der Waals surface area contributed by atoms with E-state index in [1.807, 2.05) is 24.3 Å². The van der Waals surface area contributed by atoms with E-state index in [0.717, 1.165) is 22.0 Å². The predicted molar refractivity (Wildman–Crippen MR) is 117 cm³/mol. The van der Waals surface area contributed by atoms with E-state index in [1.54, 1.807) is 18.2 Å². The molecule has 8 heteroatoms. The Morgan fingerprint density at radius 3 is 2.43 bits per heavy atom. The Balaban J connectivity index is 1.73. The molecule has 156 valence electrons. The number of nitrogens with one attached hydrogen (secondary N) is 1. The molecule has 1 aromatic heterocycles. The molecule has 7 nitrogen and oxygen atoms in total. The van der Waals surface area contributed by atoms with Crippen LogP contribution in [0.4, 0.5) is 5.69 Å². The maximum absolute atomic E-state index is 12.7. The van der Waals surface area contributed by atoms with Crippen LogP contribution in [0.2, 0.25) is 0 Å². The summed E-state index contributed by atoms with van der Waals surface area (Å²) in [7, 11) is -3.63. The summed E-state index contributed by atoms with van der Waals surface area (Å²) in [5, 5.41) is 10.1. The van der Waals surface area contributed by atoms with Crippen molar-refractivity contribution in [3.8, 4) is 17.2 Å². The van der Waals surface area contributed by atoms with Crippen molar-refractivity contribution in [3.63, 3.8) is 0 Å². The van der Waals surface area contributed by atoms with E-state index in [2.05, 4.69) is 35.4 Å². The van der Waals surface area contributed by atoms with Crippen molar-refractivity contribution >= 4 is 26.8 Å². The van der Waals surface area contributed by atoms with E-state index in [-0.39, 0.29) is 6.04 Å². The number of aromatic nitrogens is 1. The molecule has 30 heavy (non-hydrogen) atoms. The van der Waals surface area contributed by atoms with Gasteiger partial charge < -0.3 is 9.30 Å². The lowest BCUT2D eigenvalue weighted by atomic mass is 10.0. The van der Waals surface area contributed by atoms with Crippen molar-refractivity contribution in [2.24, 2.45) is 0 Å². The molecule has 1 N–H and O–H groups in total. The molecule has 3 aromatic rings. The van der Waals surface area contributed by atoms with Crippen LogP contribution in [-0.4, -0.2) is 43.6 Å². The molecule has 1 saturated heterocycles. The second-order valence-corrected chi connectivity index (χ2v) is 9.25. The van der Waals surface area contributed by atoms with Gasteiger partial charge >= 0.3 is 10.2 Å². The van der Waals surface area contributed by atoms with E-state index in [0.29, 0.717) is 37.6 Å². The summed E-state index contributed by atoms with van der Waals surface area (Å²) in [5.41, 5.74) is 4.16. The van der Waals surface area contributed by atoms with Crippen LogP contribution in [0.1, 0.15) is 25.5 Å². The number of rotatable bonds is 5. The predicted octanol–water partition coefficient (Wildman–Crippen LogP) is 3.75. The van der Waals surface area contributed by atoms with Crippen molar-refractivity contribution in [2.45, 2.75) is 19.9 Å². The van der Waals surface area contributed by atoms with Gasteiger partial charge in [0.15, 0.2) is 0 Å². The highest BCUT2D eigenvalue weighted by Gasteiger charge is 2.24. The van der Waals surface area contributed by atoms with Gasteiger partial charge in [-0.15, -0.1) is 0 Å². The van der Waals surface area contributed by atoms with Crippen LogP contribution < -0.4 is 4.72 Å². The summed E-state index contributed by atoms with van der Waals surface area (Å²) in [6.07, 6.45) is 2.08. The number of nitriles is 1. The molecule has 0 saturated carbocycles. The number of morpholine rings is 1. The van der Waals surface area contributed by atoms with Gasteiger partial charge in [-0.25, -0.2) is 0 Å². The van der Waals surface area contributed by atoms with Gasteiger partial charge in [-0.3, -0.25) is 4.72 Å². The number of ether oxygens (including phenoxy) is 1. The largest absolute Gasteiger partial charge is 0.379 e. The first-order valence-corrected chi connectivity index (χ1v) is 11.3. The van der Waals surface area contributed by atoms with Gasteiger partial charge in [0.25, 0.3) is 0 Å². The average molecular weight is 425 g/mol. The molecule has 4 rings (SSSR count). The number of fused-ring (bicyclic) bond motifs is 1. The number of anilines is 1. The summed E-state index contributed by atoms with van der Waals surface area (Å²) in [4.78, 5) is 0. The first-order chi connectivity index (χ1) is 14.4. The second kappa shape index (κ2) is 8.11. The van der Waals surface area contributed by atoms with Crippen LogP contribution in [0.25, 0.3) is 22.0 Å². The highest BCUT2D eigenvalue weighted by molar-refractivity contribution is 7.90. The number of hydrogen-bond acceptors (Lipinski definition) is 4. The molecule has 0 unspecified atom stereocenters. The molecule has 0 aliphatic carbocycles. The zero-order chi connectivity index (χ0) is 21.3. The monoisotopic (exact) mass is 424 g/mol. The zero-order valence-corrected chi connectivity index (χ0v) is 17.8. The van der Waals surface area contributed by atoms with Crippen molar-refractivity contribution in [3.05, 3.63) is 54.2 Å². The Kier molecular flexibility index (Phi) is 5.52. The SMILES string of the molecule is CC(C)n1cc(-c2ccc(C#N)cc2)c2ccc(NS(=O)(=O)N3CCOCC3)cc21. The molecule has 0 spiro atoms. The van der Waals surface area contributed by atoms with Crippen LogP contribution in [0.5, 0.6) is 0 Å². The highest BCUT2D eigenvalue weighted by Crippen LogP contribution is 2.34. The lowest BCUT2D eigenvalue weighted by Crippen LogP contribution is -2.43. The number of benzene rings is 2. The molecule has 0 radical (unpaired) electrons. The van der Waals surface area contributed by atoms with E-state index in [9.17, 15) is 8.42 Å². The standard InChI is InChI=1S/C22H24N4O3S/c1-16(2)26-15-21(18-5-3-17(14-23)4-6-18)20-8-7-19(13-22(20)26)24-30(27,28)25-9-11-29-12-10-25/h3-8,13,15-16,24H,9-12H2,1-2H3. The van der Waals surface area contributed by atoms with Crippen molar-refractivity contribution in [1.29, 1.82) is 5.26 Å². The molecule has 0 amide bonds. The first-order valence-electron chi connectivity index (χ1n) is 9.90. The van der Waals surface area contributed by atoms with Crippen LogP contribution in [0, 0.1) is 11.3 Å². The lowest BCUT2D eigenvalue weighted by molar-refractivity contribution is 0.0733. The highest BCUT2D eigenvalue weighted by atomic mass is 32.2. The lowest BCUT2D eigenvalue weighted by Gasteiger charge is -2.26. The van der Waals surface area contributed by atoms with Gasteiger partial charge in [0.05, 0.1) is 36.1 Å². The third-order valence-electron chi connectivity index (χ3n) is 5.27. The molecule has 0 atom stereocenters. The fraction of sp³-hybridized carbons (Fsp3) is 0.318.